The minimum Gasteiger partial charge on any atom is -0.350 e. The van der Waals surface area contributed by atoms with E-state index in [1.165, 1.54) is 21.8 Å². The van der Waals surface area contributed by atoms with Gasteiger partial charge in [-0.25, -0.2) is 4.98 Å². The van der Waals surface area contributed by atoms with Crippen molar-refractivity contribution in [2.75, 3.05) is 12.8 Å². The molecule has 0 atom stereocenters. The first-order chi connectivity index (χ1) is 8.81. The molecule has 1 amide bonds. The Hall–Kier alpha value is -1.33. The maximum absolute atomic E-state index is 11.7. The number of nitrogens with zero attached hydrogens (tertiary/aromatic N) is 1. The predicted molar refractivity (Wildman–Crippen MR) is 76.4 cm³/mol. The molecule has 0 radical (unpaired) electrons. The lowest BCUT2D eigenvalue weighted by molar-refractivity contribution is 0.0950. The molecule has 94 valence electrons. The summed E-state index contributed by atoms with van der Waals surface area (Å²) in [6.07, 6.45) is 2.90. The summed E-state index contributed by atoms with van der Waals surface area (Å²) in [7, 11) is 0. The Bertz CT molecular complexity index is 511. The first kappa shape index (κ1) is 13.1. The maximum atomic E-state index is 11.7. The molecule has 0 spiro atoms. The minimum absolute atomic E-state index is 0.0992. The van der Waals surface area contributed by atoms with Crippen LogP contribution in [-0.4, -0.2) is 23.7 Å². The number of thioether (sulfide) groups is 1. The van der Waals surface area contributed by atoms with E-state index < -0.39 is 0 Å². The third-order valence-electron chi connectivity index (χ3n) is 2.54. The Balaban J connectivity index is 1.87. The van der Waals surface area contributed by atoms with Gasteiger partial charge in [0.15, 0.2) is 0 Å². The van der Waals surface area contributed by atoms with Gasteiger partial charge in [0.2, 0.25) is 0 Å². The minimum atomic E-state index is -0.0992. The Morgan fingerprint density at radius 3 is 3.00 bits per heavy atom. The quantitative estimate of drug-likeness (QED) is 0.855. The van der Waals surface area contributed by atoms with E-state index in [2.05, 4.69) is 28.7 Å². The molecule has 0 bridgehead atoms. The van der Waals surface area contributed by atoms with Crippen molar-refractivity contribution in [3.05, 3.63) is 46.4 Å². The normalized spacial score (nSPS) is 10.3. The lowest BCUT2D eigenvalue weighted by Gasteiger charge is -2.07. The molecule has 3 nitrogen and oxygen atoms in total. The van der Waals surface area contributed by atoms with Crippen molar-refractivity contribution < 1.29 is 4.79 Å². The van der Waals surface area contributed by atoms with Crippen LogP contribution in [0.1, 0.15) is 16.1 Å². The van der Waals surface area contributed by atoms with E-state index in [0.29, 0.717) is 12.2 Å². The second-order valence-electron chi connectivity index (χ2n) is 3.69. The van der Waals surface area contributed by atoms with Crippen LogP contribution >= 0.6 is 23.1 Å². The lowest BCUT2D eigenvalue weighted by atomic mass is 10.1. The Morgan fingerprint density at radius 1 is 1.44 bits per heavy atom. The average Bonchev–Trinajstić information content (AvgIpc) is 2.93. The molecule has 0 aliphatic carbocycles. The van der Waals surface area contributed by atoms with Gasteiger partial charge in [0.25, 0.3) is 5.91 Å². The fourth-order valence-electron chi connectivity index (χ4n) is 1.64. The van der Waals surface area contributed by atoms with E-state index in [4.69, 9.17) is 0 Å². The predicted octanol–water partition coefficient (Wildman–Crippen LogP) is 2.84. The summed E-state index contributed by atoms with van der Waals surface area (Å²) in [4.78, 5) is 16.9. The summed E-state index contributed by atoms with van der Waals surface area (Å²) in [6, 6.07) is 8.25. The first-order valence-corrected chi connectivity index (χ1v) is 7.76. The van der Waals surface area contributed by atoms with Crippen LogP contribution in [0, 0.1) is 0 Å². The van der Waals surface area contributed by atoms with Crippen LogP contribution in [0.3, 0.4) is 0 Å². The van der Waals surface area contributed by atoms with E-state index in [9.17, 15) is 4.79 Å². The van der Waals surface area contributed by atoms with E-state index in [-0.39, 0.29) is 5.91 Å². The number of benzene rings is 1. The van der Waals surface area contributed by atoms with Crippen LogP contribution in [0.4, 0.5) is 0 Å². The van der Waals surface area contributed by atoms with Crippen molar-refractivity contribution >= 4 is 29.0 Å². The van der Waals surface area contributed by atoms with Crippen LogP contribution in [0.25, 0.3) is 0 Å². The molecule has 0 aliphatic heterocycles. The van der Waals surface area contributed by atoms with Gasteiger partial charge in [-0.3, -0.25) is 4.79 Å². The van der Waals surface area contributed by atoms with E-state index in [0.717, 1.165) is 6.42 Å². The van der Waals surface area contributed by atoms with E-state index in [1.807, 2.05) is 12.1 Å². The number of carbonyl (C=O) groups is 1. The number of thiazole rings is 1. The molecule has 18 heavy (non-hydrogen) atoms. The molecule has 1 heterocycles. The van der Waals surface area contributed by atoms with Gasteiger partial charge in [-0.2, -0.15) is 0 Å². The zero-order chi connectivity index (χ0) is 12.8. The fourth-order valence-corrected chi connectivity index (χ4v) is 2.81. The molecule has 0 fully saturated rings. The Labute approximate surface area is 115 Å². The van der Waals surface area contributed by atoms with E-state index >= 15 is 0 Å². The summed E-state index contributed by atoms with van der Waals surface area (Å²) < 4.78 is 0. The van der Waals surface area contributed by atoms with Crippen molar-refractivity contribution in [1.29, 1.82) is 0 Å². The van der Waals surface area contributed by atoms with Crippen LogP contribution in [-0.2, 0) is 6.42 Å². The summed E-state index contributed by atoms with van der Waals surface area (Å²) in [5.41, 5.74) is 3.43. The second kappa shape index (κ2) is 6.56. The Morgan fingerprint density at radius 2 is 2.28 bits per heavy atom. The third-order valence-corrected chi connectivity index (χ3v) is 3.96. The van der Waals surface area contributed by atoms with Crippen molar-refractivity contribution in [3.63, 3.8) is 0 Å². The molecule has 5 heteroatoms. The molecule has 0 saturated carbocycles. The van der Waals surface area contributed by atoms with Gasteiger partial charge in [-0.15, -0.1) is 23.1 Å². The lowest BCUT2D eigenvalue weighted by Crippen LogP contribution is -2.26. The van der Waals surface area contributed by atoms with Gasteiger partial charge in [0.05, 0.1) is 5.51 Å². The molecular weight excluding hydrogens is 264 g/mol. The maximum Gasteiger partial charge on any atom is 0.270 e. The summed E-state index contributed by atoms with van der Waals surface area (Å²) in [5.74, 6) is -0.0992. The SMILES string of the molecule is CSc1ccccc1CCNC(=O)c1cscn1. The fraction of sp³-hybridized carbons (Fsp3) is 0.231. The summed E-state index contributed by atoms with van der Waals surface area (Å²) in [5, 5.41) is 4.64. The molecule has 1 aromatic heterocycles. The molecule has 2 rings (SSSR count). The topological polar surface area (TPSA) is 42.0 Å². The molecule has 1 aromatic carbocycles. The largest absolute Gasteiger partial charge is 0.350 e. The number of rotatable bonds is 5. The van der Waals surface area contributed by atoms with Gasteiger partial charge in [0.1, 0.15) is 5.69 Å². The van der Waals surface area contributed by atoms with Crippen molar-refractivity contribution in [2.24, 2.45) is 0 Å². The molecule has 1 N–H and O–H groups in total. The van der Waals surface area contributed by atoms with Crippen LogP contribution in [0.5, 0.6) is 0 Å². The third kappa shape index (κ3) is 3.34. The number of hydrogen-bond donors (Lipinski definition) is 1. The zero-order valence-corrected chi connectivity index (χ0v) is 11.7. The van der Waals surface area contributed by atoms with Gasteiger partial charge >= 0.3 is 0 Å². The van der Waals surface area contributed by atoms with Gasteiger partial charge < -0.3 is 5.32 Å². The standard InChI is InChI=1S/C13H14N2OS2/c1-17-12-5-3-2-4-10(12)6-7-14-13(16)11-8-18-9-15-11/h2-5,8-9H,6-7H2,1H3,(H,14,16). The smallest absolute Gasteiger partial charge is 0.270 e. The summed E-state index contributed by atoms with van der Waals surface area (Å²) in [6.45, 7) is 0.633. The highest BCUT2D eigenvalue weighted by Crippen LogP contribution is 2.19. The second-order valence-corrected chi connectivity index (χ2v) is 5.26. The van der Waals surface area contributed by atoms with Crippen LogP contribution < -0.4 is 5.32 Å². The first-order valence-electron chi connectivity index (χ1n) is 5.59. The zero-order valence-electron chi connectivity index (χ0n) is 10.1. The van der Waals surface area contributed by atoms with Crippen molar-refractivity contribution in [1.82, 2.24) is 10.3 Å². The van der Waals surface area contributed by atoms with Gasteiger partial charge in [0, 0.05) is 16.8 Å². The van der Waals surface area contributed by atoms with E-state index in [1.54, 1.807) is 22.7 Å². The van der Waals surface area contributed by atoms with Crippen molar-refractivity contribution in [3.8, 4) is 0 Å². The molecular formula is C13H14N2OS2. The molecule has 0 saturated heterocycles. The molecule has 2 aromatic rings. The highest BCUT2D eigenvalue weighted by Gasteiger charge is 2.07. The average molecular weight is 278 g/mol. The number of hydrogen-bond acceptors (Lipinski definition) is 4. The number of aromatic nitrogens is 1. The Kier molecular flexibility index (Phi) is 4.78. The van der Waals surface area contributed by atoms with Crippen LogP contribution in [0.15, 0.2) is 40.1 Å². The number of carbonyl (C=O) groups excluding carboxylic acids is 1. The molecule has 0 aliphatic rings. The molecule has 0 unspecified atom stereocenters. The highest BCUT2D eigenvalue weighted by atomic mass is 32.2. The van der Waals surface area contributed by atoms with Crippen LogP contribution in [0.2, 0.25) is 0 Å². The van der Waals surface area contributed by atoms with Gasteiger partial charge in [-0.05, 0) is 24.3 Å². The summed E-state index contributed by atoms with van der Waals surface area (Å²) >= 11 is 3.16. The van der Waals surface area contributed by atoms with Gasteiger partial charge in [-0.1, -0.05) is 18.2 Å². The number of amides is 1. The number of nitrogens with one attached hydrogen (secondary N) is 1. The monoisotopic (exact) mass is 278 g/mol. The highest BCUT2D eigenvalue weighted by molar-refractivity contribution is 7.98. The van der Waals surface area contributed by atoms with Crippen molar-refractivity contribution in [2.45, 2.75) is 11.3 Å².